The van der Waals surface area contributed by atoms with Crippen molar-refractivity contribution in [3.63, 3.8) is 0 Å². The van der Waals surface area contributed by atoms with E-state index < -0.39 is 17.6 Å². The number of Topliss-reactive ketones (excluding diaryl/α,β-unsaturated/α-hetero) is 1. The summed E-state index contributed by atoms with van der Waals surface area (Å²) in [5.41, 5.74) is 4.86. The molecule has 0 bridgehead atoms. The Balaban J connectivity index is 2.64. The molecule has 0 aromatic carbocycles. The van der Waals surface area contributed by atoms with Crippen molar-refractivity contribution in [2.45, 2.75) is 38.3 Å². The van der Waals surface area contributed by atoms with E-state index in [9.17, 15) is 14.4 Å². The fourth-order valence-electron chi connectivity index (χ4n) is 2.61. The van der Waals surface area contributed by atoms with Crippen molar-refractivity contribution in [2.75, 3.05) is 13.6 Å². The summed E-state index contributed by atoms with van der Waals surface area (Å²) in [4.78, 5) is 34.7. The van der Waals surface area contributed by atoms with Gasteiger partial charge in [0.2, 0.25) is 5.91 Å². The molecule has 7 nitrogen and oxygen atoms in total. The van der Waals surface area contributed by atoms with Gasteiger partial charge >= 0.3 is 6.03 Å². The van der Waals surface area contributed by atoms with Crippen LogP contribution in [0.2, 0.25) is 0 Å². The van der Waals surface area contributed by atoms with Crippen LogP contribution >= 0.6 is 0 Å². The summed E-state index contributed by atoms with van der Waals surface area (Å²) in [5.74, 6) is -0.310. The Hall–Kier alpha value is -1.89. The average Bonchev–Trinajstić information content (AvgIpc) is 3.03. The summed E-state index contributed by atoms with van der Waals surface area (Å²) in [6, 6.07) is -1.11. The fraction of sp³-hybridized carbons (Fsp3) is 0.643. The molecule has 3 atom stereocenters. The molecule has 0 spiro atoms. The molecule has 118 valence electrons. The molecule has 1 aliphatic carbocycles. The van der Waals surface area contributed by atoms with Gasteiger partial charge in [-0.25, -0.2) is 4.79 Å². The van der Waals surface area contributed by atoms with Crippen molar-refractivity contribution < 1.29 is 14.4 Å². The summed E-state index contributed by atoms with van der Waals surface area (Å²) in [5, 5.41) is 8.19. The normalized spacial score (nSPS) is 24.8. The number of hydrogen-bond acceptors (Lipinski definition) is 4. The minimum atomic E-state index is -0.818. The molecule has 7 heteroatoms. The first-order valence-electron chi connectivity index (χ1n) is 6.93. The van der Waals surface area contributed by atoms with Crippen LogP contribution < -0.4 is 21.7 Å². The van der Waals surface area contributed by atoms with Crippen molar-refractivity contribution in [2.24, 2.45) is 11.7 Å². The number of urea groups is 1. The number of likely N-dealkylation sites (N-methyl/N-ethyl adjacent to an activating group) is 1. The molecular formula is C14H24N4O3. The van der Waals surface area contributed by atoms with Gasteiger partial charge in [-0.1, -0.05) is 12.2 Å². The van der Waals surface area contributed by atoms with Crippen molar-refractivity contribution in [3.05, 3.63) is 12.2 Å². The third-order valence-electron chi connectivity index (χ3n) is 3.92. The molecule has 0 aliphatic heterocycles. The zero-order valence-electron chi connectivity index (χ0n) is 12.8. The van der Waals surface area contributed by atoms with E-state index in [2.05, 4.69) is 22.5 Å². The van der Waals surface area contributed by atoms with Gasteiger partial charge in [-0.15, -0.1) is 0 Å². The van der Waals surface area contributed by atoms with E-state index in [1.165, 1.54) is 6.92 Å². The van der Waals surface area contributed by atoms with Crippen molar-refractivity contribution >= 4 is 17.7 Å². The quantitative estimate of drug-likeness (QED) is 0.459. The molecule has 0 heterocycles. The van der Waals surface area contributed by atoms with E-state index in [1.54, 1.807) is 14.0 Å². The van der Waals surface area contributed by atoms with Gasteiger partial charge in [-0.3, -0.25) is 9.59 Å². The SMILES string of the molecule is C=C(C)[C@H](NC)C(=O)N[C@@]1(C(C)=O)C[C@H]1CCNC(N)=O. The number of nitrogens with one attached hydrogen (secondary N) is 3. The molecule has 1 rings (SSSR count). The Labute approximate surface area is 124 Å². The number of hydrogen-bond donors (Lipinski definition) is 4. The maximum absolute atomic E-state index is 12.2. The van der Waals surface area contributed by atoms with Crippen molar-refractivity contribution in [3.8, 4) is 0 Å². The largest absolute Gasteiger partial charge is 0.352 e. The topological polar surface area (TPSA) is 113 Å². The molecule has 0 unspecified atom stereocenters. The highest BCUT2D eigenvalue weighted by Gasteiger charge is 2.58. The Bertz CT molecular complexity index is 463. The van der Waals surface area contributed by atoms with Crippen LogP contribution in [-0.4, -0.2) is 42.9 Å². The first kappa shape index (κ1) is 17.2. The Kier molecular flexibility index (Phi) is 5.48. The lowest BCUT2D eigenvalue weighted by atomic mass is 10.0. The number of primary amides is 1. The second-order valence-electron chi connectivity index (χ2n) is 5.57. The lowest BCUT2D eigenvalue weighted by Gasteiger charge is -2.22. The number of carbonyl (C=O) groups excluding carboxylic acids is 3. The summed E-state index contributed by atoms with van der Waals surface area (Å²) in [6.07, 6.45) is 1.18. The molecule has 0 saturated heterocycles. The fourth-order valence-corrected chi connectivity index (χ4v) is 2.61. The molecule has 0 aromatic heterocycles. The smallest absolute Gasteiger partial charge is 0.312 e. The van der Waals surface area contributed by atoms with Gasteiger partial charge in [-0.2, -0.15) is 0 Å². The monoisotopic (exact) mass is 296 g/mol. The molecule has 1 aliphatic rings. The summed E-state index contributed by atoms with van der Waals surface area (Å²) < 4.78 is 0. The van der Waals surface area contributed by atoms with Crippen LogP contribution in [0.3, 0.4) is 0 Å². The third-order valence-corrected chi connectivity index (χ3v) is 3.92. The van der Waals surface area contributed by atoms with Gasteiger partial charge in [0.05, 0.1) is 0 Å². The minimum Gasteiger partial charge on any atom is -0.352 e. The summed E-state index contributed by atoms with van der Waals surface area (Å²) in [7, 11) is 1.67. The van der Waals surface area contributed by atoms with Crippen LogP contribution in [0.5, 0.6) is 0 Å². The molecule has 0 aromatic rings. The van der Waals surface area contributed by atoms with Crippen LogP contribution in [0, 0.1) is 5.92 Å². The average molecular weight is 296 g/mol. The zero-order valence-corrected chi connectivity index (χ0v) is 12.8. The highest BCUT2D eigenvalue weighted by atomic mass is 16.2. The predicted molar refractivity (Wildman–Crippen MR) is 79.5 cm³/mol. The molecule has 0 radical (unpaired) electrons. The third kappa shape index (κ3) is 4.04. The van der Waals surface area contributed by atoms with Gasteiger partial charge in [0.25, 0.3) is 0 Å². The highest BCUT2D eigenvalue weighted by molar-refractivity contribution is 5.96. The molecule has 5 N–H and O–H groups in total. The zero-order chi connectivity index (χ0) is 16.2. The number of ketones is 1. The summed E-state index contributed by atoms with van der Waals surface area (Å²) in [6.45, 7) is 7.37. The van der Waals surface area contributed by atoms with E-state index in [-0.39, 0.29) is 17.6 Å². The Morgan fingerprint density at radius 2 is 2.00 bits per heavy atom. The molecular weight excluding hydrogens is 272 g/mol. The number of carbonyl (C=O) groups is 3. The minimum absolute atomic E-state index is 0.0217. The van der Waals surface area contributed by atoms with Crippen LogP contribution in [-0.2, 0) is 9.59 Å². The van der Waals surface area contributed by atoms with E-state index in [1.807, 2.05) is 0 Å². The van der Waals surface area contributed by atoms with Gasteiger partial charge in [0, 0.05) is 6.54 Å². The molecule has 3 amide bonds. The van der Waals surface area contributed by atoms with E-state index in [0.717, 1.165) is 0 Å². The van der Waals surface area contributed by atoms with Gasteiger partial charge in [0.1, 0.15) is 11.6 Å². The van der Waals surface area contributed by atoms with Crippen LogP contribution in [0.4, 0.5) is 4.79 Å². The number of rotatable bonds is 8. The highest BCUT2D eigenvalue weighted by Crippen LogP contribution is 2.46. The maximum atomic E-state index is 12.2. The Morgan fingerprint density at radius 1 is 1.38 bits per heavy atom. The second kappa shape index (κ2) is 6.71. The predicted octanol–water partition coefficient (Wildman–Crippen LogP) is -0.327. The molecule has 21 heavy (non-hydrogen) atoms. The lowest BCUT2D eigenvalue weighted by molar-refractivity contribution is -0.128. The standard InChI is InChI=1S/C14H24N4O3/c1-8(2)11(16-4)12(20)18-14(9(3)19)7-10(14)5-6-17-13(15)21/h10-11,16H,1,5-7H2,2-4H3,(H,18,20)(H3,15,17,21)/t10-,11+,14-/m1/s1. The molecule has 1 fully saturated rings. The first-order chi connectivity index (χ1) is 9.74. The van der Waals surface area contributed by atoms with E-state index in [0.29, 0.717) is 25.0 Å². The van der Waals surface area contributed by atoms with Gasteiger partial charge < -0.3 is 21.7 Å². The van der Waals surface area contributed by atoms with Crippen LogP contribution in [0.1, 0.15) is 26.7 Å². The van der Waals surface area contributed by atoms with Crippen LogP contribution in [0.15, 0.2) is 12.2 Å². The molecule has 1 saturated carbocycles. The van der Waals surface area contributed by atoms with E-state index in [4.69, 9.17) is 5.73 Å². The Morgan fingerprint density at radius 3 is 2.43 bits per heavy atom. The van der Waals surface area contributed by atoms with Crippen molar-refractivity contribution in [1.29, 1.82) is 0 Å². The van der Waals surface area contributed by atoms with Gasteiger partial charge in [0.15, 0.2) is 5.78 Å². The summed E-state index contributed by atoms with van der Waals surface area (Å²) >= 11 is 0. The van der Waals surface area contributed by atoms with Crippen LogP contribution in [0.25, 0.3) is 0 Å². The number of nitrogens with two attached hydrogens (primary N) is 1. The first-order valence-corrected chi connectivity index (χ1v) is 6.93. The lowest BCUT2D eigenvalue weighted by Crippen LogP contribution is -2.51. The number of amides is 3. The second-order valence-corrected chi connectivity index (χ2v) is 5.57. The maximum Gasteiger partial charge on any atom is 0.312 e. The van der Waals surface area contributed by atoms with E-state index >= 15 is 0 Å². The van der Waals surface area contributed by atoms with Gasteiger partial charge in [-0.05, 0) is 39.7 Å². The van der Waals surface area contributed by atoms with Crippen molar-refractivity contribution in [1.82, 2.24) is 16.0 Å².